The third-order valence-electron chi connectivity index (χ3n) is 3.92. The quantitative estimate of drug-likeness (QED) is 0.614. The van der Waals surface area contributed by atoms with Gasteiger partial charge >= 0.3 is 0 Å². The minimum absolute atomic E-state index is 0.101. The van der Waals surface area contributed by atoms with Gasteiger partial charge in [0.1, 0.15) is 0 Å². The molecule has 23 heavy (non-hydrogen) atoms. The van der Waals surface area contributed by atoms with Crippen LogP contribution < -0.4 is 9.47 Å². The van der Waals surface area contributed by atoms with E-state index >= 15 is 0 Å². The summed E-state index contributed by atoms with van der Waals surface area (Å²) in [7, 11) is 0. The number of hydrogen-bond acceptors (Lipinski definition) is 4. The van der Waals surface area contributed by atoms with E-state index in [1.54, 1.807) is 17.8 Å². The highest BCUT2D eigenvalue weighted by molar-refractivity contribution is 8.00. The maximum absolute atomic E-state index is 12.4. The number of benzene rings is 2. The number of ketones is 1. The van der Waals surface area contributed by atoms with Crippen molar-refractivity contribution in [3.05, 3.63) is 53.1 Å². The normalized spacial score (nSPS) is 13.5. The molecule has 1 aliphatic heterocycles. The lowest BCUT2D eigenvalue weighted by Crippen LogP contribution is -2.03. The number of ether oxygens (including phenoxy) is 2. The number of carbonyl (C=O) groups excluding carboxylic acids is 1. The Bertz CT molecular complexity index is 725. The molecular weight excluding hydrogens is 308 g/mol. The van der Waals surface area contributed by atoms with E-state index in [2.05, 4.69) is 32.0 Å². The summed E-state index contributed by atoms with van der Waals surface area (Å²) >= 11 is 1.57. The van der Waals surface area contributed by atoms with Crippen LogP contribution in [0.15, 0.2) is 41.3 Å². The summed E-state index contributed by atoms with van der Waals surface area (Å²) in [6.07, 6.45) is 0.862. The third kappa shape index (κ3) is 3.88. The van der Waals surface area contributed by atoms with Gasteiger partial charge in [0.05, 0.1) is 19.0 Å². The Hall–Kier alpha value is -1.94. The van der Waals surface area contributed by atoms with Gasteiger partial charge in [-0.25, -0.2) is 0 Å². The van der Waals surface area contributed by atoms with Gasteiger partial charge in [-0.15, -0.1) is 11.8 Å². The molecule has 0 unspecified atom stereocenters. The summed E-state index contributed by atoms with van der Waals surface area (Å²) in [6.45, 7) is 5.46. The molecule has 1 aliphatic rings. The molecule has 0 saturated heterocycles. The summed E-state index contributed by atoms with van der Waals surface area (Å²) in [5.74, 6) is 1.91. The predicted molar refractivity (Wildman–Crippen MR) is 93.0 cm³/mol. The van der Waals surface area contributed by atoms with Gasteiger partial charge in [0.15, 0.2) is 17.3 Å². The number of aryl methyl sites for hydroxylation is 2. The highest BCUT2D eigenvalue weighted by Crippen LogP contribution is 2.31. The topological polar surface area (TPSA) is 35.5 Å². The SMILES string of the molecule is Cc1ccc(SCC(=O)c2ccc3c(c2)OCCCO3)cc1C. The first-order chi connectivity index (χ1) is 11.1. The van der Waals surface area contributed by atoms with E-state index < -0.39 is 0 Å². The standard InChI is InChI=1S/C19H20O3S/c1-13-4-6-16(10-14(13)2)23-12-17(20)15-5-7-18-19(11-15)22-9-3-8-21-18/h4-7,10-11H,3,8-9,12H2,1-2H3. The number of hydrogen-bond donors (Lipinski definition) is 0. The second-order valence-electron chi connectivity index (χ2n) is 5.67. The Kier molecular flexibility index (Phi) is 4.91. The highest BCUT2D eigenvalue weighted by Gasteiger charge is 2.14. The van der Waals surface area contributed by atoms with Crippen molar-refractivity contribution in [1.82, 2.24) is 0 Å². The Morgan fingerprint density at radius 1 is 1.00 bits per heavy atom. The number of Topliss-reactive ketones (excluding diaryl/α,β-unsaturated/α-hetero) is 1. The van der Waals surface area contributed by atoms with E-state index in [0.717, 1.165) is 17.1 Å². The molecule has 0 amide bonds. The molecule has 0 bridgehead atoms. The highest BCUT2D eigenvalue weighted by atomic mass is 32.2. The van der Waals surface area contributed by atoms with E-state index in [4.69, 9.17) is 9.47 Å². The molecule has 0 spiro atoms. The molecule has 0 aliphatic carbocycles. The largest absolute Gasteiger partial charge is 0.490 e. The Morgan fingerprint density at radius 2 is 1.78 bits per heavy atom. The molecule has 2 aromatic rings. The first kappa shape index (κ1) is 15.9. The van der Waals surface area contributed by atoms with Crippen molar-refractivity contribution in [3.8, 4) is 11.5 Å². The number of carbonyl (C=O) groups is 1. The van der Waals surface area contributed by atoms with Crippen LogP contribution in [0.5, 0.6) is 11.5 Å². The van der Waals surface area contributed by atoms with Crippen LogP contribution >= 0.6 is 11.8 Å². The monoisotopic (exact) mass is 328 g/mol. The van der Waals surface area contributed by atoms with Crippen LogP contribution in [0.4, 0.5) is 0 Å². The maximum Gasteiger partial charge on any atom is 0.173 e. The Morgan fingerprint density at radius 3 is 2.57 bits per heavy atom. The lowest BCUT2D eigenvalue weighted by atomic mass is 10.1. The Labute approximate surface area is 141 Å². The van der Waals surface area contributed by atoms with Crippen molar-refractivity contribution < 1.29 is 14.3 Å². The van der Waals surface area contributed by atoms with Crippen LogP contribution in [0, 0.1) is 13.8 Å². The molecule has 4 heteroatoms. The zero-order valence-corrected chi connectivity index (χ0v) is 14.2. The fraction of sp³-hybridized carbons (Fsp3) is 0.316. The van der Waals surface area contributed by atoms with Gasteiger partial charge in [0.2, 0.25) is 0 Å². The van der Waals surface area contributed by atoms with Crippen molar-refractivity contribution in [2.75, 3.05) is 19.0 Å². The van der Waals surface area contributed by atoms with E-state index in [0.29, 0.717) is 30.3 Å². The van der Waals surface area contributed by atoms with Gasteiger partial charge in [-0.05, 0) is 55.3 Å². The minimum atomic E-state index is 0.101. The summed E-state index contributed by atoms with van der Waals surface area (Å²) < 4.78 is 11.2. The van der Waals surface area contributed by atoms with Crippen LogP contribution in [-0.4, -0.2) is 24.7 Å². The third-order valence-corrected chi connectivity index (χ3v) is 4.91. The average Bonchev–Trinajstić information content (AvgIpc) is 2.80. The molecule has 1 heterocycles. The maximum atomic E-state index is 12.4. The summed E-state index contributed by atoms with van der Waals surface area (Å²) in [5, 5.41) is 0. The Balaban J connectivity index is 1.68. The summed E-state index contributed by atoms with van der Waals surface area (Å²) in [5.41, 5.74) is 3.19. The lowest BCUT2D eigenvalue weighted by molar-refractivity contribution is 0.102. The molecule has 3 rings (SSSR count). The van der Waals surface area contributed by atoms with Crippen LogP contribution in [0.25, 0.3) is 0 Å². The van der Waals surface area contributed by atoms with Crippen LogP contribution in [0.1, 0.15) is 27.9 Å². The van der Waals surface area contributed by atoms with Crippen molar-refractivity contribution in [2.24, 2.45) is 0 Å². The van der Waals surface area contributed by atoms with Crippen molar-refractivity contribution in [2.45, 2.75) is 25.2 Å². The zero-order chi connectivity index (χ0) is 16.2. The fourth-order valence-corrected chi connectivity index (χ4v) is 3.26. The van der Waals surface area contributed by atoms with E-state index in [9.17, 15) is 4.79 Å². The smallest absolute Gasteiger partial charge is 0.173 e. The number of thioether (sulfide) groups is 1. The van der Waals surface area contributed by atoms with Crippen LogP contribution in [0.2, 0.25) is 0 Å². The second-order valence-corrected chi connectivity index (χ2v) is 6.72. The van der Waals surface area contributed by atoms with Gasteiger partial charge in [-0.1, -0.05) is 6.07 Å². The molecular formula is C19H20O3S. The molecule has 120 valence electrons. The fourth-order valence-electron chi connectivity index (χ4n) is 2.37. The molecule has 0 aromatic heterocycles. The predicted octanol–water partition coefficient (Wildman–Crippen LogP) is 4.44. The van der Waals surface area contributed by atoms with E-state index in [-0.39, 0.29) is 5.78 Å². The molecule has 0 N–H and O–H groups in total. The van der Waals surface area contributed by atoms with E-state index in [1.165, 1.54) is 11.1 Å². The molecule has 0 radical (unpaired) electrons. The van der Waals surface area contributed by atoms with Crippen LogP contribution in [0.3, 0.4) is 0 Å². The lowest BCUT2D eigenvalue weighted by Gasteiger charge is -2.09. The minimum Gasteiger partial charge on any atom is -0.490 e. The summed E-state index contributed by atoms with van der Waals surface area (Å²) in [4.78, 5) is 13.5. The molecule has 0 atom stereocenters. The molecule has 2 aromatic carbocycles. The zero-order valence-electron chi connectivity index (χ0n) is 13.4. The summed E-state index contributed by atoms with van der Waals surface area (Å²) in [6, 6.07) is 11.7. The second kappa shape index (κ2) is 7.09. The molecule has 0 fully saturated rings. The van der Waals surface area contributed by atoms with Crippen molar-refractivity contribution in [1.29, 1.82) is 0 Å². The van der Waals surface area contributed by atoms with Gasteiger partial charge in [0.25, 0.3) is 0 Å². The number of fused-ring (bicyclic) bond motifs is 1. The van der Waals surface area contributed by atoms with Gasteiger partial charge in [-0.2, -0.15) is 0 Å². The van der Waals surface area contributed by atoms with Crippen LogP contribution in [-0.2, 0) is 0 Å². The van der Waals surface area contributed by atoms with Gasteiger partial charge < -0.3 is 9.47 Å². The van der Waals surface area contributed by atoms with Crippen molar-refractivity contribution in [3.63, 3.8) is 0 Å². The molecule has 0 saturated carbocycles. The first-order valence-electron chi connectivity index (χ1n) is 7.76. The number of rotatable bonds is 4. The van der Waals surface area contributed by atoms with E-state index in [1.807, 2.05) is 12.1 Å². The van der Waals surface area contributed by atoms with Gasteiger partial charge in [-0.3, -0.25) is 4.79 Å². The van der Waals surface area contributed by atoms with Crippen molar-refractivity contribution >= 4 is 17.5 Å². The average molecular weight is 328 g/mol. The molecule has 3 nitrogen and oxygen atoms in total. The van der Waals surface area contributed by atoms with Gasteiger partial charge in [0, 0.05) is 16.9 Å². The first-order valence-corrected chi connectivity index (χ1v) is 8.75.